The molecule has 0 unspecified atom stereocenters. The van der Waals surface area contributed by atoms with Crippen molar-refractivity contribution in [3.05, 3.63) is 71.0 Å². The molecular weight excluding hydrogens is 498 g/mol. The Bertz CT molecular complexity index is 1490. The minimum absolute atomic E-state index is 0.0326. The number of methoxy groups -OCH3 is 1. The van der Waals surface area contributed by atoms with Crippen LogP contribution in [0.5, 0.6) is 5.75 Å². The van der Waals surface area contributed by atoms with Crippen molar-refractivity contribution in [3.63, 3.8) is 0 Å². The number of primary amides is 1. The van der Waals surface area contributed by atoms with Gasteiger partial charge in [0.25, 0.3) is 5.91 Å². The van der Waals surface area contributed by atoms with E-state index in [1.165, 1.54) is 7.11 Å². The van der Waals surface area contributed by atoms with E-state index in [-0.39, 0.29) is 23.3 Å². The Morgan fingerprint density at radius 3 is 2.56 bits per heavy atom. The molecule has 4 rings (SSSR count). The smallest absolute Gasteiger partial charge is 0.276 e. The molecule has 0 bridgehead atoms. The van der Waals surface area contributed by atoms with Crippen LogP contribution in [0.4, 0.5) is 5.95 Å². The molecule has 2 aromatic heterocycles. The normalized spacial score (nSPS) is 10.9. The van der Waals surface area contributed by atoms with E-state index >= 15 is 0 Å². The Morgan fingerprint density at radius 1 is 1.10 bits per heavy atom. The van der Waals surface area contributed by atoms with Gasteiger partial charge in [-0.25, -0.2) is 4.98 Å². The quantitative estimate of drug-likeness (QED) is 0.240. The van der Waals surface area contributed by atoms with E-state index in [2.05, 4.69) is 20.7 Å². The molecule has 0 aliphatic rings. The van der Waals surface area contributed by atoms with Gasteiger partial charge in [0.15, 0.2) is 0 Å². The number of carbonyl (C=O) groups excluding carboxylic acids is 3. The largest absolute Gasteiger partial charge is 0.494 e. The zero-order valence-electron chi connectivity index (χ0n) is 22.4. The highest BCUT2D eigenvalue weighted by atomic mass is 16.5. The molecule has 39 heavy (non-hydrogen) atoms. The van der Waals surface area contributed by atoms with Crippen molar-refractivity contribution in [3.8, 4) is 5.75 Å². The van der Waals surface area contributed by atoms with Crippen LogP contribution in [0.1, 0.15) is 51.9 Å². The van der Waals surface area contributed by atoms with Crippen molar-refractivity contribution in [2.75, 3.05) is 19.0 Å². The third-order valence-electron chi connectivity index (χ3n) is 6.34. The first kappa shape index (κ1) is 27.4. The van der Waals surface area contributed by atoms with Crippen LogP contribution in [0.25, 0.3) is 11.0 Å². The van der Waals surface area contributed by atoms with Crippen LogP contribution >= 0.6 is 0 Å². The molecule has 0 radical (unpaired) electrons. The summed E-state index contributed by atoms with van der Waals surface area (Å²) in [7, 11) is 1.49. The molecule has 0 aliphatic heterocycles. The highest BCUT2D eigenvalue weighted by molar-refractivity contribution is 6.04. The summed E-state index contributed by atoms with van der Waals surface area (Å²) < 4.78 is 8.99. The molecule has 2 heterocycles. The Hall–Kier alpha value is -4.67. The second kappa shape index (κ2) is 12.2. The van der Waals surface area contributed by atoms with Gasteiger partial charge in [-0.1, -0.05) is 30.3 Å². The van der Waals surface area contributed by atoms with E-state index in [1.54, 1.807) is 22.9 Å². The number of nitrogens with two attached hydrogens (primary N) is 1. The summed E-state index contributed by atoms with van der Waals surface area (Å²) in [5, 5.41) is 10.2. The fourth-order valence-electron chi connectivity index (χ4n) is 4.43. The average molecular weight is 532 g/mol. The number of benzene rings is 2. The molecule has 0 saturated carbocycles. The Balaban J connectivity index is 1.53. The molecule has 4 aromatic rings. The zero-order chi connectivity index (χ0) is 27.9. The van der Waals surface area contributed by atoms with E-state index in [9.17, 15) is 14.4 Å². The lowest BCUT2D eigenvalue weighted by molar-refractivity contribution is -0.121. The number of nitrogens with zero attached hydrogens (tertiary/aromatic N) is 4. The maximum atomic E-state index is 13.2. The molecule has 204 valence electrons. The first-order valence-electron chi connectivity index (χ1n) is 12.8. The molecular formula is C28H33N7O4. The topological polar surface area (TPSA) is 146 Å². The van der Waals surface area contributed by atoms with Crippen LogP contribution in [0.15, 0.2) is 48.5 Å². The van der Waals surface area contributed by atoms with Gasteiger partial charge in [-0.15, -0.1) is 0 Å². The van der Waals surface area contributed by atoms with E-state index in [0.717, 1.165) is 11.3 Å². The van der Waals surface area contributed by atoms with Gasteiger partial charge in [-0.3, -0.25) is 24.4 Å². The number of hydrogen-bond acceptors (Lipinski definition) is 6. The number of aryl methyl sites for hydroxylation is 4. The Kier molecular flexibility index (Phi) is 8.60. The minimum atomic E-state index is -0.615. The third-order valence-corrected chi connectivity index (χ3v) is 6.34. The highest BCUT2D eigenvalue weighted by Crippen LogP contribution is 2.31. The first-order valence-corrected chi connectivity index (χ1v) is 12.8. The number of nitrogens with one attached hydrogen (secondary N) is 2. The Morgan fingerprint density at radius 2 is 1.87 bits per heavy atom. The van der Waals surface area contributed by atoms with Crippen molar-refractivity contribution in [1.29, 1.82) is 0 Å². The lowest BCUT2D eigenvalue weighted by atomic mass is 10.1. The Labute approximate surface area is 226 Å². The van der Waals surface area contributed by atoms with Crippen LogP contribution in [0, 0.1) is 6.92 Å². The van der Waals surface area contributed by atoms with Gasteiger partial charge in [-0.2, -0.15) is 5.10 Å². The second-order valence-corrected chi connectivity index (χ2v) is 9.13. The predicted molar refractivity (Wildman–Crippen MR) is 148 cm³/mol. The van der Waals surface area contributed by atoms with Crippen LogP contribution in [-0.2, 0) is 24.3 Å². The summed E-state index contributed by atoms with van der Waals surface area (Å²) in [6.07, 6.45) is 1.63. The summed E-state index contributed by atoms with van der Waals surface area (Å²) in [5.74, 6) is -0.328. The second-order valence-electron chi connectivity index (χ2n) is 9.13. The number of aromatic nitrogens is 4. The fraction of sp³-hybridized carbons (Fsp3) is 0.321. The lowest BCUT2D eigenvalue weighted by Gasteiger charge is -2.13. The molecule has 3 amide bonds. The first-order chi connectivity index (χ1) is 18.8. The van der Waals surface area contributed by atoms with Crippen molar-refractivity contribution >= 4 is 34.7 Å². The van der Waals surface area contributed by atoms with Gasteiger partial charge in [0.2, 0.25) is 17.8 Å². The molecule has 0 fully saturated rings. The summed E-state index contributed by atoms with van der Waals surface area (Å²) in [6.45, 7) is 5.12. The van der Waals surface area contributed by atoms with Crippen LogP contribution < -0.4 is 21.1 Å². The number of rotatable bonds is 12. The molecule has 11 nitrogen and oxygen atoms in total. The number of imidazole rings is 1. The molecule has 0 aliphatic carbocycles. The van der Waals surface area contributed by atoms with Crippen molar-refractivity contribution < 1.29 is 19.1 Å². The van der Waals surface area contributed by atoms with Crippen LogP contribution in [-0.4, -0.2) is 50.7 Å². The molecule has 11 heteroatoms. The molecule has 4 N–H and O–H groups in total. The van der Waals surface area contributed by atoms with E-state index in [4.69, 9.17) is 10.5 Å². The van der Waals surface area contributed by atoms with E-state index in [1.807, 2.05) is 48.7 Å². The summed E-state index contributed by atoms with van der Waals surface area (Å²) in [6, 6.07) is 14.7. The number of hydrogen-bond donors (Lipinski definition) is 3. The van der Waals surface area contributed by atoms with E-state index in [0.29, 0.717) is 61.4 Å². The minimum Gasteiger partial charge on any atom is -0.494 e. The number of anilines is 1. The van der Waals surface area contributed by atoms with Crippen LogP contribution in [0.3, 0.4) is 0 Å². The van der Waals surface area contributed by atoms with Gasteiger partial charge in [0.1, 0.15) is 17.0 Å². The predicted octanol–water partition coefficient (Wildman–Crippen LogP) is 3.06. The standard InChI is InChI=1S/C28H33N7O4/c1-4-35-22(15-18(2)33-35)27(38)32-28-31-21-16-20(26(29)37)17-23(39-3)25(21)34(28)14-8-13-30-24(36)12-11-19-9-6-5-7-10-19/h5-7,9-10,15-17H,4,8,11-14H2,1-3H3,(H2,29,37)(H,30,36)(H,31,32,38). The van der Waals surface area contributed by atoms with Crippen molar-refractivity contribution in [1.82, 2.24) is 24.6 Å². The molecule has 2 aromatic carbocycles. The average Bonchev–Trinajstić information content (AvgIpc) is 3.49. The molecule has 0 atom stereocenters. The van der Waals surface area contributed by atoms with E-state index < -0.39 is 5.91 Å². The van der Waals surface area contributed by atoms with Crippen molar-refractivity contribution in [2.24, 2.45) is 5.73 Å². The number of carbonyl (C=O) groups is 3. The zero-order valence-corrected chi connectivity index (χ0v) is 22.4. The van der Waals surface area contributed by atoms with Gasteiger partial charge in [-0.05, 0) is 50.5 Å². The maximum Gasteiger partial charge on any atom is 0.276 e. The fourth-order valence-corrected chi connectivity index (χ4v) is 4.43. The van der Waals surface area contributed by atoms with Gasteiger partial charge < -0.3 is 20.4 Å². The van der Waals surface area contributed by atoms with Gasteiger partial charge in [0.05, 0.1) is 18.3 Å². The number of fused-ring (bicyclic) bond motifs is 1. The third kappa shape index (κ3) is 6.43. The highest BCUT2D eigenvalue weighted by Gasteiger charge is 2.21. The maximum absolute atomic E-state index is 13.2. The molecule has 0 saturated heterocycles. The summed E-state index contributed by atoms with van der Waals surface area (Å²) >= 11 is 0. The van der Waals surface area contributed by atoms with Gasteiger partial charge in [0, 0.05) is 31.6 Å². The van der Waals surface area contributed by atoms with Crippen LogP contribution in [0.2, 0.25) is 0 Å². The number of ether oxygens (including phenoxy) is 1. The molecule has 0 spiro atoms. The lowest BCUT2D eigenvalue weighted by Crippen LogP contribution is -2.26. The monoisotopic (exact) mass is 531 g/mol. The SMILES string of the molecule is CCn1nc(C)cc1C(=O)Nc1nc2cc(C(N)=O)cc(OC)c2n1CCCNC(=O)CCc1ccccc1. The number of amides is 3. The summed E-state index contributed by atoms with van der Waals surface area (Å²) in [5.41, 5.74) is 9.05. The summed E-state index contributed by atoms with van der Waals surface area (Å²) in [4.78, 5) is 42.0. The van der Waals surface area contributed by atoms with Crippen molar-refractivity contribution in [2.45, 2.75) is 46.2 Å². The van der Waals surface area contributed by atoms with Gasteiger partial charge >= 0.3 is 0 Å².